The second-order valence-electron chi connectivity index (χ2n) is 4.35. The van der Waals surface area contributed by atoms with Crippen LogP contribution >= 0.6 is 11.3 Å². The summed E-state index contributed by atoms with van der Waals surface area (Å²) in [5, 5.41) is 4.27. The van der Waals surface area contributed by atoms with Crippen LogP contribution in [0.4, 0.5) is 0 Å². The molecule has 2 aromatic heterocycles. The Kier molecular flexibility index (Phi) is 2.13. The molecule has 0 N–H and O–H groups in total. The number of hydrogen-bond donors (Lipinski definition) is 0. The quantitative estimate of drug-likeness (QED) is 0.718. The largest absolute Gasteiger partial charge is 0.334 e. The number of imidazole rings is 1. The number of thiophene rings is 1. The fourth-order valence-corrected chi connectivity index (χ4v) is 2.81. The minimum absolute atomic E-state index is 0.794. The summed E-state index contributed by atoms with van der Waals surface area (Å²) in [5.74, 6) is 2.05. The van der Waals surface area contributed by atoms with Crippen molar-refractivity contribution in [1.29, 1.82) is 0 Å². The Balaban J connectivity index is 2.00. The first-order valence-corrected chi connectivity index (χ1v) is 6.36. The standard InChI is InChI=1S/C12H14N2S/c1-9-2-3-12-13-11(7-14(12)6-9)10-4-5-15-8-10/h4-5,7-9H,2-3,6H2,1H3. The monoisotopic (exact) mass is 218 g/mol. The summed E-state index contributed by atoms with van der Waals surface area (Å²) < 4.78 is 2.32. The van der Waals surface area contributed by atoms with Crippen molar-refractivity contribution in [3.8, 4) is 11.3 Å². The fourth-order valence-electron chi connectivity index (χ4n) is 2.16. The predicted molar refractivity (Wildman–Crippen MR) is 63.0 cm³/mol. The average Bonchev–Trinajstić information content (AvgIpc) is 2.84. The molecule has 0 saturated carbocycles. The molecule has 3 heterocycles. The van der Waals surface area contributed by atoms with E-state index in [-0.39, 0.29) is 0 Å². The molecule has 3 heteroatoms. The molecule has 78 valence electrons. The SMILES string of the molecule is CC1CCc2nc(-c3ccsc3)cn2C1. The van der Waals surface area contributed by atoms with Crippen molar-refractivity contribution in [1.82, 2.24) is 9.55 Å². The predicted octanol–water partition coefficient (Wildman–Crippen LogP) is 3.19. The molecule has 1 aliphatic rings. The lowest BCUT2D eigenvalue weighted by atomic mass is 10.0. The Morgan fingerprint density at radius 1 is 1.53 bits per heavy atom. The summed E-state index contributed by atoms with van der Waals surface area (Å²) >= 11 is 1.73. The highest BCUT2D eigenvalue weighted by Crippen LogP contribution is 2.25. The van der Waals surface area contributed by atoms with E-state index in [0.29, 0.717) is 0 Å². The lowest BCUT2D eigenvalue weighted by Gasteiger charge is -2.19. The van der Waals surface area contributed by atoms with E-state index in [1.54, 1.807) is 11.3 Å². The molecule has 0 fully saturated rings. The average molecular weight is 218 g/mol. The van der Waals surface area contributed by atoms with Crippen molar-refractivity contribution in [2.24, 2.45) is 5.92 Å². The maximum atomic E-state index is 4.70. The van der Waals surface area contributed by atoms with Gasteiger partial charge in [0.2, 0.25) is 0 Å². The minimum Gasteiger partial charge on any atom is -0.334 e. The van der Waals surface area contributed by atoms with Gasteiger partial charge in [0.25, 0.3) is 0 Å². The van der Waals surface area contributed by atoms with Gasteiger partial charge in [-0.15, -0.1) is 0 Å². The molecule has 0 bridgehead atoms. The molecule has 1 unspecified atom stereocenters. The molecule has 0 saturated heterocycles. The Bertz CT molecular complexity index is 456. The Hall–Kier alpha value is -1.09. The van der Waals surface area contributed by atoms with E-state index in [2.05, 4.69) is 34.5 Å². The van der Waals surface area contributed by atoms with E-state index in [1.807, 2.05) is 0 Å². The summed E-state index contributed by atoms with van der Waals surface area (Å²) in [5.41, 5.74) is 2.40. The summed E-state index contributed by atoms with van der Waals surface area (Å²) in [6.07, 6.45) is 4.61. The van der Waals surface area contributed by atoms with Crippen molar-refractivity contribution in [3.63, 3.8) is 0 Å². The van der Waals surface area contributed by atoms with E-state index < -0.39 is 0 Å². The van der Waals surface area contributed by atoms with Gasteiger partial charge < -0.3 is 4.57 Å². The van der Waals surface area contributed by atoms with Crippen LogP contribution in [0.25, 0.3) is 11.3 Å². The van der Waals surface area contributed by atoms with E-state index in [4.69, 9.17) is 4.98 Å². The van der Waals surface area contributed by atoms with Crippen LogP contribution in [0.1, 0.15) is 19.2 Å². The third-order valence-electron chi connectivity index (χ3n) is 3.05. The van der Waals surface area contributed by atoms with Gasteiger partial charge in [-0.2, -0.15) is 11.3 Å². The van der Waals surface area contributed by atoms with Crippen molar-refractivity contribution < 1.29 is 0 Å². The molecule has 0 spiro atoms. The van der Waals surface area contributed by atoms with Crippen molar-refractivity contribution >= 4 is 11.3 Å². The molecule has 15 heavy (non-hydrogen) atoms. The second kappa shape index (κ2) is 3.49. The topological polar surface area (TPSA) is 17.8 Å². The molecule has 0 amide bonds. The Morgan fingerprint density at radius 3 is 3.27 bits per heavy atom. The third kappa shape index (κ3) is 1.61. The van der Waals surface area contributed by atoms with Gasteiger partial charge in [-0.25, -0.2) is 4.98 Å². The van der Waals surface area contributed by atoms with Gasteiger partial charge in [-0.1, -0.05) is 6.92 Å². The number of nitrogens with zero attached hydrogens (tertiary/aromatic N) is 2. The molecule has 2 aromatic rings. The fraction of sp³-hybridized carbons (Fsp3) is 0.417. The van der Waals surface area contributed by atoms with E-state index >= 15 is 0 Å². The van der Waals surface area contributed by atoms with Gasteiger partial charge in [-0.05, 0) is 23.8 Å². The van der Waals surface area contributed by atoms with Gasteiger partial charge >= 0.3 is 0 Å². The second-order valence-corrected chi connectivity index (χ2v) is 5.13. The molecule has 2 nitrogen and oxygen atoms in total. The van der Waals surface area contributed by atoms with Crippen LogP contribution in [0.15, 0.2) is 23.0 Å². The maximum Gasteiger partial charge on any atom is 0.109 e. The number of rotatable bonds is 1. The van der Waals surface area contributed by atoms with E-state index in [1.165, 1.54) is 17.8 Å². The van der Waals surface area contributed by atoms with Crippen LogP contribution in [0.3, 0.4) is 0 Å². The smallest absolute Gasteiger partial charge is 0.109 e. The van der Waals surface area contributed by atoms with Crippen LogP contribution in [0.5, 0.6) is 0 Å². The lowest BCUT2D eigenvalue weighted by Crippen LogP contribution is -2.17. The molecule has 0 radical (unpaired) electrons. The van der Waals surface area contributed by atoms with Crippen LogP contribution < -0.4 is 0 Å². The van der Waals surface area contributed by atoms with Crippen molar-refractivity contribution in [2.45, 2.75) is 26.3 Å². The summed E-state index contributed by atoms with van der Waals surface area (Å²) in [6.45, 7) is 3.44. The Labute approximate surface area is 93.6 Å². The zero-order chi connectivity index (χ0) is 10.3. The lowest BCUT2D eigenvalue weighted by molar-refractivity contribution is 0.394. The van der Waals surface area contributed by atoms with E-state index in [9.17, 15) is 0 Å². The van der Waals surface area contributed by atoms with Crippen LogP contribution in [0.2, 0.25) is 0 Å². The number of hydrogen-bond acceptors (Lipinski definition) is 2. The van der Waals surface area contributed by atoms with Gasteiger partial charge in [0.05, 0.1) is 5.69 Å². The van der Waals surface area contributed by atoms with Crippen molar-refractivity contribution in [3.05, 3.63) is 28.8 Å². The molecular weight excluding hydrogens is 204 g/mol. The van der Waals surface area contributed by atoms with Crippen LogP contribution in [-0.2, 0) is 13.0 Å². The molecular formula is C12H14N2S. The highest BCUT2D eigenvalue weighted by molar-refractivity contribution is 7.08. The van der Waals surface area contributed by atoms with Gasteiger partial charge in [0, 0.05) is 30.1 Å². The first-order valence-electron chi connectivity index (χ1n) is 5.41. The first-order chi connectivity index (χ1) is 7.33. The van der Waals surface area contributed by atoms with Gasteiger partial charge in [0.1, 0.15) is 5.82 Å². The highest BCUT2D eigenvalue weighted by atomic mass is 32.1. The van der Waals surface area contributed by atoms with E-state index in [0.717, 1.165) is 24.6 Å². The zero-order valence-electron chi connectivity index (χ0n) is 8.81. The molecule has 0 aliphatic carbocycles. The zero-order valence-corrected chi connectivity index (χ0v) is 9.63. The minimum atomic E-state index is 0.794. The summed E-state index contributed by atoms with van der Waals surface area (Å²) in [7, 11) is 0. The number of aromatic nitrogens is 2. The summed E-state index contributed by atoms with van der Waals surface area (Å²) in [4.78, 5) is 4.70. The van der Waals surface area contributed by atoms with Gasteiger partial charge in [0.15, 0.2) is 0 Å². The molecule has 1 atom stereocenters. The maximum absolute atomic E-state index is 4.70. The summed E-state index contributed by atoms with van der Waals surface area (Å²) in [6, 6.07) is 2.14. The number of aryl methyl sites for hydroxylation is 1. The normalized spacial score (nSPS) is 20.2. The Morgan fingerprint density at radius 2 is 2.47 bits per heavy atom. The molecule has 3 rings (SSSR count). The van der Waals surface area contributed by atoms with Crippen molar-refractivity contribution in [2.75, 3.05) is 0 Å². The highest BCUT2D eigenvalue weighted by Gasteiger charge is 2.17. The molecule has 0 aromatic carbocycles. The van der Waals surface area contributed by atoms with Crippen LogP contribution in [-0.4, -0.2) is 9.55 Å². The van der Waals surface area contributed by atoms with Crippen LogP contribution in [0, 0.1) is 5.92 Å². The third-order valence-corrected chi connectivity index (χ3v) is 3.73. The number of fused-ring (bicyclic) bond motifs is 1. The molecule has 1 aliphatic heterocycles. The first kappa shape index (κ1) is 9.16. The van der Waals surface area contributed by atoms with Gasteiger partial charge in [-0.3, -0.25) is 0 Å².